The minimum atomic E-state index is -1.01. The predicted molar refractivity (Wildman–Crippen MR) is 82.6 cm³/mol. The number of rotatable bonds is 4. The lowest BCUT2D eigenvalue weighted by molar-refractivity contribution is -0.149. The first-order valence-electron chi connectivity index (χ1n) is 7.42. The van der Waals surface area contributed by atoms with E-state index in [2.05, 4.69) is 15.1 Å². The number of ether oxygens (including phenoxy) is 1. The second-order valence-corrected chi connectivity index (χ2v) is 5.69. The highest BCUT2D eigenvalue weighted by Crippen LogP contribution is 2.32. The van der Waals surface area contributed by atoms with E-state index in [1.165, 1.54) is 0 Å². The molecule has 0 atom stereocenters. The molecular formula is C15H19N5O3. The molecule has 0 aromatic carbocycles. The molecule has 3 heterocycles. The molecule has 0 aliphatic carbocycles. The van der Waals surface area contributed by atoms with Crippen LogP contribution in [-0.2, 0) is 10.3 Å². The summed E-state index contributed by atoms with van der Waals surface area (Å²) >= 11 is 0. The molecule has 0 saturated carbocycles. The fourth-order valence-corrected chi connectivity index (χ4v) is 2.86. The van der Waals surface area contributed by atoms with Crippen LogP contribution in [0.2, 0.25) is 0 Å². The van der Waals surface area contributed by atoms with Crippen molar-refractivity contribution < 1.29 is 14.6 Å². The Balaban J connectivity index is 1.81. The van der Waals surface area contributed by atoms with Gasteiger partial charge in [-0.1, -0.05) is 0 Å². The molecule has 0 radical (unpaired) electrons. The van der Waals surface area contributed by atoms with Gasteiger partial charge in [0.05, 0.1) is 13.3 Å². The van der Waals surface area contributed by atoms with Crippen LogP contribution in [0, 0.1) is 6.92 Å². The Hall–Kier alpha value is -2.64. The van der Waals surface area contributed by atoms with E-state index in [1.807, 2.05) is 11.8 Å². The van der Waals surface area contributed by atoms with Crippen molar-refractivity contribution in [2.45, 2.75) is 25.3 Å². The Bertz CT molecular complexity index is 707. The summed E-state index contributed by atoms with van der Waals surface area (Å²) in [7, 11) is 1.55. The lowest BCUT2D eigenvalue weighted by Gasteiger charge is -2.38. The molecule has 0 unspecified atom stereocenters. The monoisotopic (exact) mass is 317 g/mol. The number of aromatic nitrogens is 4. The third kappa shape index (κ3) is 2.71. The average Bonchev–Trinajstić information content (AvgIpc) is 3.01. The number of hydrogen-bond acceptors (Lipinski definition) is 6. The van der Waals surface area contributed by atoms with Crippen LogP contribution in [-0.4, -0.2) is 51.0 Å². The first-order valence-corrected chi connectivity index (χ1v) is 7.42. The number of piperidine rings is 1. The number of aryl methyl sites for hydroxylation is 1. The fraction of sp³-hybridized carbons (Fsp3) is 0.467. The van der Waals surface area contributed by atoms with Gasteiger partial charge < -0.3 is 14.7 Å². The molecule has 0 spiro atoms. The van der Waals surface area contributed by atoms with Gasteiger partial charge in [-0.15, -0.1) is 0 Å². The summed E-state index contributed by atoms with van der Waals surface area (Å²) in [5.74, 6) is 0.194. The lowest BCUT2D eigenvalue weighted by Crippen LogP contribution is -2.51. The molecule has 1 aliphatic rings. The smallest absolute Gasteiger partial charge is 0.331 e. The van der Waals surface area contributed by atoms with Crippen LogP contribution in [0.3, 0.4) is 0 Å². The van der Waals surface area contributed by atoms with Crippen LogP contribution in [0.5, 0.6) is 5.88 Å². The van der Waals surface area contributed by atoms with Crippen LogP contribution >= 0.6 is 0 Å². The number of carboxylic acids is 1. The van der Waals surface area contributed by atoms with Crippen molar-refractivity contribution in [3.05, 3.63) is 30.2 Å². The molecule has 2 aromatic rings. The van der Waals surface area contributed by atoms with E-state index in [0.717, 1.165) is 5.56 Å². The van der Waals surface area contributed by atoms with Crippen molar-refractivity contribution in [3.8, 4) is 5.88 Å². The van der Waals surface area contributed by atoms with Gasteiger partial charge in [0, 0.05) is 44.4 Å². The molecule has 3 rings (SSSR count). The predicted octanol–water partition coefficient (Wildman–Crippen LogP) is 1.07. The summed E-state index contributed by atoms with van der Waals surface area (Å²) in [6, 6.07) is 1.68. The molecule has 2 aromatic heterocycles. The molecule has 1 aliphatic heterocycles. The molecule has 0 amide bonds. The van der Waals surface area contributed by atoms with Crippen molar-refractivity contribution >= 4 is 11.9 Å². The molecular weight excluding hydrogens is 298 g/mol. The Morgan fingerprint density at radius 1 is 1.39 bits per heavy atom. The zero-order chi connectivity index (χ0) is 16.4. The van der Waals surface area contributed by atoms with E-state index in [1.54, 1.807) is 36.4 Å². The van der Waals surface area contributed by atoms with Crippen LogP contribution in [0.4, 0.5) is 5.95 Å². The first-order chi connectivity index (χ1) is 11.0. The topological polar surface area (TPSA) is 93.4 Å². The second kappa shape index (κ2) is 5.86. The summed E-state index contributed by atoms with van der Waals surface area (Å²) in [5.41, 5.74) is -0.0620. The highest BCUT2D eigenvalue weighted by Gasteiger charge is 2.44. The SMILES string of the molecule is COc1ccnc(N2CCC(C(=O)O)(n3cc(C)cn3)CC2)n1. The Labute approximate surface area is 133 Å². The minimum Gasteiger partial charge on any atom is -0.481 e. The summed E-state index contributed by atoms with van der Waals surface area (Å²) in [6.45, 7) is 2.98. The maximum atomic E-state index is 11.9. The van der Waals surface area contributed by atoms with E-state index >= 15 is 0 Å². The van der Waals surface area contributed by atoms with Gasteiger partial charge in [0.2, 0.25) is 11.8 Å². The van der Waals surface area contributed by atoms with Gasteiger partial charge in [0.15, 0.2) is 5.54 Å². The minimum absolute atomic E-state index is 0.435. The highest BCUT2D eigenvalue weighted by molar-refractivity contribution is 5.77. The Morgan fingerprint density at radius 3 is 2.70 bits per heavy atom. The number of carboxylic acid groups (broad SMARTS) is 1. The van der Waals surface area contributed by atoms with E-state index in [0.29, 0.717) is 37.8 Å². The van der Waals surface area contributed by atoms with Gasteiger partial charge in [-0.25, -0.2) is 9.78 Å². The average molecular weight is 317 g/mol. The third-order valence-corrected chi connectivity index (χ3v) is 4.25. The summed E-state index contributed by atoms with van der Waals surface area (Å²) in [6.07, 6.45) is 5.97. The zero-order valence-electron chi connectivity index (χ0n) is 13.1. The molecule has 8 nitrogen and oxygen atoms in total. The van der Waals surface area contributed by atoms with E-state index in [4.69, 9.17) is 4.74 Å². The maximum Gasteiger partial charge on any atom is 0.331 e. The molecule has 8 heteroatoms. The maximum absolute atomic E-state index is 11.9. The largest absolute Gasteiger partial charge is 0.481 e. The zero-order valence-corrected chi connectivity index (χ0v) is 13.1. The molecule has 1 fully saturated rings. The van der Waals surface area contributed by atoms with E-state index < -0.39 is 11.5 Å². The van der Waals surface area contributed by atoms with Gasteiger partial charge in [0.25, 0.3) is 0 Å². The Morgan fingerprint density at radius 2 is 2.13 bits per heavy atom. The summed E-state index contributed by atoms with van der Waals surface area (Å²) in [4.78, 5) is 22.4. The Kier molecular flexibility index (Phi) is 3.89. The van der Waals surface area contributed by atoms with Gasteiger partial charge in [-0.2, -0.15) is 10.1 Å². The number of nitrogens with zero attached hydrogens (tertiary/aromatic N) is 5. The molecule has 1 N–H and O–H groups in total. The number of aliphatic carboxylic acids is 1. The number of carbonyl (C=O) groups is 1. The second-order valence-electron chi connectivity index (χ2n) is 5.69. The molecule has 122 valence electrons. The lowest BCUT2D eigenvalue weighted by atomic mass is 9.87. The summed E-state index contributed by atoms with van der Waals surface area (Å²) < 4.78 is 6.69. The van der Waals surface area contributed by atoms with E-state index in [9.17, 15) is 9.90 Å². The van der Waals surface area contributed by atoms with Crippen molar-refractivity contribution in [2.75, 3.05) is 25.1 Å². The molecule has 23 heavy (non-hydrogen) atoms. The molecule has 0 bridgehead atoms. The van der Waals surface area contributed by atoms with Crippen molar-refractivity contribution in [1.82, 2.24) is 19.7 Å². The quantitative estimate of drug-likeness (QED) is 0.901. The van der Waals surface area contributed by atoms with Crippen molar-refractivity contribution in [3.63, 3.8) is 0 Å². The van der Waals surface area contributed by atoms with Gasteiger partial charge in [-0.05, 0) is 12.5 Å². The van der Waals surface area contributed by atoms with Crippen molar-refractivity contribution in [1.29, 1.82) is 0 Å². The first kappa shape index (κ1) is 15.3. The van der Waals surface area contributed by atoms with Gasteiger partial charge in [-0.3, -0.25) is 4.68 Å². The van der Waals surface area contributed by atoms with E-state index in [-0.39, 0.29) is 0 Å². The van der Waals surface area contributed by atoms with Crippen LogP contribution in [0.15, 0.2) is 24.7 Å². The van der Waals surface area contributed by atoms with Gasteiger partial charge >= 0.3 is 5.97 Å². The third-order valence-electron chi connectivity index (χ3n) is 4.25. The number of anilines is 1. The van der Waals surface area contributed by atoms with Crippen LogP contribution in [0.1, 0.15) is 18.4 Å². The molecule has 1 saturated heterocycles. The summed E-state index contributed by atoms with van der Waals surface area (Å²) in [5, 5.41) is 14.0. The standard InChI is InChI=1S/C15H19N5O3/c1-11-9-17-20(10-11)15(13(21)22)4-7-19(8-5-15)14-16-6-3-12(18-14)23-2/h3,6,9-10H,4-5,7-8H2,1-2H3,(H,21,22). The van der Waals surface area contributed by atoms with Crippen molar-refractivity contribution in [2.24, 2.45) is 0 Å². The number of hydrogen-bond donors (Lipinski definition) is 1. The number of methoxy groups -OCH3 is 1. The van der Waals surface area contributed by atoms with Crippen LogP contribution in [0.25, 0.3) is 0 Å². The normalized spacial score (nSPS) is 17.0. The van der Waals surface area contributed by atoms with Gasteiger partial charge in [0.1, 0.15) is 0 Å². The van der Waals surface area contributed by atoms with Crippen LogP contribution < -0.4 is 9.64 Å². The fourth-order valence-electron chi connectivity index (χ4n) is 2.86. The highest BCUT2D eigenvalue weighted by atomic mass is 16.5.